The molecule has 0 aliphatic heterocycles. The topological polar surface area (TPSA) is 71.3 Å². The number of ether oxygens (including phenoxy) is 2. The summed E-state index contributed by atoms with van der Waals surface area (Å²) in [6, 6.07) is 8.10. The Morgan fingerprint density at radius 3 is 2.90 bits per heavy atom. The van der Waals surface area contributed by atoms with Crippen molar-refractivity contribution in [2.75, 3.05) is 13.7 Å². The SMILES string of the molecule is C#C[C@H](COC)NC(=O)[C@@H](C)Oc1cccc(C#N)c1. The number of nitriles is 1. The Morgan fingerprint density at radius 2 is 2.30 bits per heavy atom. The first kappa shape index (κ1) is 15.6. The van der Waals surface area contributed by atoms with Crippen molar-refractivity contribution in [3.05, 3.63) is 29.8 Å². The van der Waals surface area contributed by atoms with Crippen molar-refractivity contribution >= 4 is 5.91 Å². The molecule has 1 rings (SSSR count). The van der Waals surface area contributed by atoms with Crippen LogP contribution < -0.4 is 10.1 Å². The molecule has 0 fully saturated rings. The standard InChI is InChI=1S/C15H16N2O3/c1-4-13(10-19-3)17-15(18)11(2)20-14-7-5-6-12(8-14)9-16/h1,5-8,11,13H,10H2,2-3H3,(H,17,18)/t11-,13-/m1/s1. The van der Waals surface area contributed by atoms with E-state index in [2.05, 4.69) is 11.2 Å². The lowest BCUT2D eigenvalue weighted by Crippen LogP contribution is -2.43. The smallest absolute Gasteiger partial charge is 0.261 e. The number of nitrogens with one attached hydrogen (secondary N) is 1. The zero-order valence-corrected chi connectivity index (χ0v) is 11.4. The van der Waals surface area contributed by atoms with Gasteiger partial charge in [0, 0.05) is 7.11 Å². The predicted octanol–water partition coefficient (Wildman–Crippen LogP) is 1.09. The summed E-state index contributed by atoms with van der Waals surface area (Å²) in [5.41, 5.74) is 0.469. The minimum atomic E-state index is -0.725. The van der Waals surface area contributed by atoms with Gasteiger partial charge in [0.05, 0.1) is 18.2 Å². The molecular formula is C15H16N2O3. The van der Waals surface area contributed by atoms with Crippen LogP contribution in [0.5, 0.6) is 5.75 Å². The van der Waals surface area contributed by atoms with E-state index in [4.69, 9.17) is 21.2 Å². The quantitative estimate of drug-likeness (QED) is 0.787. The molecule has 0 heterocycles. The monoisotopic (exact) mass is 272 g/mol. The summed E-state index contributed by atoms with van der Waals surface area (Å²) in [6.07, 6.45) is 4.55. The number of amides is 1. The summed E-state index contributed by atoms with van der Waals surface area (Å²) in [4.78, 5) is 11.9. The summed E-state index contributed by atoms with van der Waals surface area (Å²) in [6.45, 7) is 1.84. The highest BCUT2D eigenvalue weighted by molar-refractivity contribution is 5.81. The Bertz CT molecular complexity index is 543. The molecule has 0 unspecified atom stereocenters. The minimum absolute atomic E-state index is 0.235. The van der Waals surface area contributed by atoms with Gasteiger partial charge in [-0.1, -0.05) is 12.0 Å². The largest absolute Gasteiger partial charge is 0.481 e. The lowest BCUT2D eigenvalue weighted by molar-refractivity contribution is -0.127. The molecule has 1 aromatic rings. The van der Waals surface area contributed by atoms with E-state index < -0.39 is 12.1 Å². The van der Waals surface area contributed by atoms with Crippen LogP contribution in [0.4, 0.5) is 0 Å². The van der Waals surface area contributed by atoms with Gasteiger partial charge in [0.25, 0.3) is 5.91 Å². The number of carbonyl (C=O) groups is 1. The van der Waals surface area contributed by atoms with E-state index in [1.54, 1.807) is 31.2 Å². The fraction of sp³-hybridized carbons (Fsp3) is 0.333. The van der Waals surface area contributed by atoms with Crippen molar-refractivity contribution in [3.63, 3.8) is 0 Å². The first-order valence-electron chi connectivity index (χ1n) is 6.03. The van der Waals surface area contributed by atoms with Crippen molar-refractivity contribution in [2.45, 2.75) is 19.1 Å². The van der Waals surface area contributed by atoms with Crippen molar-refractivity contribution in [3.8, 4) is 24.2 Å². The van der Waals surface area contributed by atoms with Crippen LogP contribution in [-0.2, 0) is 9.53 Å². The van der Waals surface area contributed by atoms with Crippen LogP contribution in [0.3, 0.4) is 0 Å². The van der Waals surface area contributed by atoms with Gasteiger partial charge < -0.3 is 14.8 Å². The van der Waals surface area contributed by atoms with Crippen LogP contribution >= 0.6 is 0 Å². The number of nitrogens with zero attached hydrogens (tertiary/aromatic N) is 1. The molecule has 0 spiro atoms. The zero-order valence-electron chi connectivity index (χ0n) is 11.4. The van der Waals surface area contributed by atoms with Crippen molar-refractivity contribution in [1.29, 1.82) is 5.26 Å². The Labute approximate surface area is 118 Å². The van der Waals surface area contributed by atoms with E-state index >= 15 is 0 Å². The second kappa shape index (κ2) is 7.83. The van der Waals surface area contributed by atoms with Gasteiger partial charge in [-0.05, 0) is 25.1 Å². The van der Waals surface area contributed by atoms with Gasteiger partial charge >= 0.3 is 0 Å². The number of terminal acetylenes is 1. The van der Waals surface area contributed by atoms with Crippen LogP contribution in [-0.4, -0.2) is 31.8 Å². The Hall–Kier alpha value is -2.50. The van der Waals surface area contributed by atoms with Gasteiger partial charge in [0.15, 0.2) is 6.10 Å². The van der Waals surface area contributed by atoms with E-state index in [1.807, 2.05) is 6.07 Å². The summed E-state index contributed by atoms with van der Waals surface area (Å²) in [7, 11) is 1.50. The van der Waals surface area contributed by atoms with E-state index in [9.17, 15) is 4.79 Å². The summed E-state index contributed by atoms with van der Waals surface area (Å²) in [5, 5.41) is 11.4. The molecule has 0 bridgehead atoms. The van der Waals surface area contributed by atoms with Crippen LogP contribution in [0.25, 0.3) is 0 Å². The molecule has 0 saturated carbocycles. The molecule has 104 valence electrons. The van der Waals surface area contributed by atoms with Gasteiger partial charge in [0.2, 0.25) is 0 Å². The van der Waals surface area contributed by atoms with Crippen LogP contribution in [0.2, 0.25) is 0 Å². The summed E-state index contributed by atoms with van der Waals surface area (Å²) in [5.74, 6) is 2.53. The lowest BCUT2D eigenvalue weighted by Gasteiger charge is -2.17. The summed E-state index contributed by atoms with van der Waals surface area (Å²) < 4.78 is 10.4. The third kappa shape index (κ3) is 4.64. The van der Waals surface area contributed by atoms with Crippen LogP contribution in [0.1, 0.15) is 12.5 Å². The minimum Gasteiger partial charge on any atom is -0.481 e. The number of benzene rings is 1. The molecule has 20 heavy (non-hydrogen) atoms. The van der Waals surface area contributed by atoms with Crippen LogP contribution in [0.15, 0.2) is 24.3 Å². The maximum absolute atomic E-state index is 11.9. The molecule has 1 aromatic carbocycles. The van der Waals surface area contributed by atoms with Crippen LogP contribution in [0, 0.1) is 23.7 Å². The van der Waals surface area contributed by atoms with Gasteiger partial charge in [-0.2, -0.15) is 5.26 Å². The molecule has 5 heteroatoms. The van der Waals surface area contributed by atoms with E-state index in [0.29, 0.717) is 11.3 Å². The highest BCUT2D eigenvalue weighted by atomic mass is 16.5. The van der Waals surface area contributed by atoms with Crippen molar-refractivity contribution in [2.24, 2.45) is 0 Å². The Kier molecular flexibility index (Phi) is 6.09. The number of hydrogen-bond donors (Lipinski definition) is 1. The van der Waals surface area contributed by atoms with Gasteiger partial charge in [0.1, 0.15) is 11.8 Å². The molecule has 1 amide bonds. The predicted molar refractivity (Wildman–Crippen MR) is 73.9 cm³/mol. The van der Waals surface area contributed by atoms with Crippen molar-refractivity contribution in [1.82, 2.24) is 5.32 Å². The molecule has 5 nitrogen and oxygen atoms in total. The zero-order chi connectivity index (χ0) is 15.0. The maximum Gasteiger partial charge on any atom is 0.261 e. The molecule has 0 aliphatic rings. The average molecular weight is 272 g/mol. The number of rotatable bonds is 6. The van der Waals surface area contributed by atoms with E-state index in [1.165, 1.54) is 7.11 Å². The molecule has 1 N–H and O–H groups in total. The molecule has 0 aliphatic carbocycles. The third-order valence-corrected chi connectivity index (χ3v) is 2.50. The molecule has 2 atom stereocenters. The molecular weight excluding hydrogens is 256 g/mol. The number of methoxy groups -OCH3 is 1. The van der Waals surface area contributed by atoms with Crippen molar-refractivity contribution < 1.29 is 14.3 Å². The molecule has 0 radical (unpaired) electrons. The second-order valence-electron chi connectivity index (χ2n) is 4.08. The third-order valence-electron chi connectivity index (χ3n) is 2.50. The highest BCUT2D eigenvalue weighted by Crippen LogP contribution is 2.14. The van der Waals surface area contributed by atoms with Gasteiger partial charge in [-0.25, -0.2) is 0 Å². The normalized spacial score (nSPS) is 12.6. The van der Waals surface area contributed by atoms with Gasteiger partial charge in [-0.15, -0.1) is 6.42 Å². The average Bonchev–Trinajstić information content (AvgIpc) is 2.46. The number of carbonyl (C=O) groups excluding carboxylic acids is 1. The molecule has 0 saturated heterocycles. The first-order chi connectivity index (χ1) is 9.60. The lowest BCUT2D eigenvalue weighted by atomic mass is 10.2. The van der Waals surface area contributed by atoms with E-state index in [-0.39, 0.29) is 12.5 Å². The second-order valence-corrected chi connectivity index (χ2v) is 4.08. The Balaban J connectivity index is 2.61. The maximum atomic E-state index is 11.9. The van der Waals surface area contributed by atoms with E-state index in [0.717, 1.165) is 0 Å². The highest BCUT2D eigenvalue weighted by Gasteiger charge is 2.17. The summed E-state index contributed by atoms with van der Waals surface area (Å²) >= 11 is 0. The fourth-order valence-electron chi connectivity index (χ4n) is 1.48. The Morgan fingerprint density at radius 1 is 1.55 bits per heavy atom. The van der Waals surface area contributed by atoms with Gasteiger partial charge in [-0.3, -0.25) is 4.79 Å². The fourth-order valence-corrected chi connectivity index (χ4v) is 1.48. The molecule has 0 aromatic heterocycles. The number of hydrogen-bond acceptors (Lipinski definition) is 4. The first-order valence-corrected chi connectivity index (χ1v) is 6.03.